The molecular formula is C21H24F3N3O2. The highest BCUT2D eigenvalue weighted by Crippen LogP contribution is 2.34. The number of fused-ring (bicyclic) bond motifs is 1. The molecule has 1 aliphatic rings. The maximum Gasteiger partial charge on any atom is 0.416 e. The molecule has 2 N–H and O–H groups in total. The van der Waals surface area contributed by atoms with Gasteiger partial charge in [-0.3, -0.25) is 9.59 Å². The van der Waals surface area contributed by atoms with Crippen molar-refractivity contribution in [3.05, 3.63) is 47.8 Å². The van der Waals surface area contributed by atoms with Gasteiger partial charge in [0.15, 0.2) is 0 Å². The van der Waals surface area contributed by atoms with E-state index >= 15 is 0 Å². The number of carbonyl (C=O) groups is 2. The molecule has 2 amide bonds. The molecule has 2 aromatic rings. The molecule has 8 heteroatoms. The summed E-state index contributed by atoms with van der Waals surface area (Å²) in [6.45, 7) is 6.85. The van der Waals surface area contributed by atoms with Crippen molar-refractivity contribution in [2.24, 2.45) is 5.41 Å². The van der Waals surface area contributed by atoms with Crippen LogP contribution in [0.5, 0.6) is 0 Å². The number of nitrogens with zero attached hydrogens (tertiary/aromatic N) is 1. The Morgan fingerprint density at radius 3 is 2.59 bits per heavy atom. The summed E-state index contributed by atoms with van der Waals surface area (Å²) in [5.41, 5.74) is 0.402. The molecule has 1 aliphatic heterocycles. The van der Waals surface area contributed by atoms with Crippen LogP contribution in [0, 0.1) is 5.41 Å². The van der Waals surface area contributed by atoms with Crippen LogP contribution < -0.4 is 10.6 Å². The van der Waals surface area contributed by atoms with Gasteiger partial charge in [-0.15, -0.1) is 0 Å². The second kappa shape index (κ2) is 7.57. The summed E-state index contributed by atoms with van der Waals surface area (Å²) in [5.74, 6) is -0.448. The van der Waals surface area contributed by atoms with Crippen LogP contribution in [-0.2, 0) is 11.0 Å². The van der Waals surface area contributed by atoms with Crippen LogP contribution in [0.2, 0.25) is 0 Å². The molecule has 5 nitrogen and oxygen atoms in total. The molecule has 0 saturated heterocycles. The van der Waals surface area contributed by atoms with E-state index in [1.54, 1.807) is 22.9 Å². The minimum Gasteiger partial charge on any atom is -0.356 e. The lowest BCUT2D eigenvalue weighted by Crippen LogP contribution is -2.41. The monoisotopic (exact) mass is 407 g/mol. The van der Waals surface area contributed by atoms with E-state index in [1.807, 2.05) is 20.8 Å². The maximum absolute atomic E-state index is 13.0. The first-order chi connectivity index (χ1) is 13.4. The van der Waals surface area contributed by atoms with Crippen molar-refractivity contribution in [3.8, 4) is 11.1 Å². The topological polar surface area (TPSA) is 63.1 Å². The Balaban J connectivity index is 1.85. The summed E-state index contributed by atoms with van der Waals surface area (Å²) in [6.07, 6.45) is -2.63. The fourth-order valence-corrected chi connectivity index (χ4v) is 3.22. The Bertz CT molecular complexity index is 926. The van der Waals surface area contributed by atoms with Crippen molar-refractivity contribution in [3.63, 3.8) is 0 Å². The van der Waals surface area contributed by atoms with E-state index in [0.29, 0.717) is 23.4 Å². The highest BCUT2D eigenvalue weighted by molar-refractivity contribution is 5.95. The third-order valence-corrected chi connectivity index (χ3v) is 4.73. The molecule has 0 saturated carbocycles. The van der Waals surface area contributed by atoms with Gasteiger partial charge in [0.2, 0.25) is 5.91 Å². The summed E-state index contributed by atoms with van der Waals surface area (Å²) < 4.78 is 40.7. The zero-order valence-corrected chi connectivity index (χ0v) is 16.6. The van der Waals surface area contributed by atoms with Crippen molar-refractivity contribution in [2.75, 3.05) is 13.1 Å². The van der Waals surface area contributed by atoms with Crippen molar-refractivity contribution < 1.29 is 22.8 Å². The molecule has 1 aromatic carbocycles. The van der Waals surface area contributed by atoms with E-state index in [9.17, 15) is 22.8 Å². The molecule has 1 unspecified atom stereocenters. The van der Waals surface area contributed by atoms with Gasteiger partial charge >= 0.3 is 6.18 Å². The number of hydrogen-bond donors (Lipinski definition) is 2. The van der Waals surface area contributed by atoms with Crippen LogP contribution in [-0.4, -0.2) is 29.5 Å². The standard InChI is InChI=1S/C21H24F3N3O2/c1-20(2,3)12-26-18(28)9-16-10-25-19(29)17-8-14(11-27(16)17)13-5-4-6-15(7-13)21(22,23)24/h4-8,11,16H,9-10,12H2,1-3H3,(H,25,29)(H,26,28). The number of nitrogens with one attached hydrogen (secondary N) is 2. The Morgan fingerprint density at radius 2 is 1.93 bits per heavy atom. The Morgan fingerprint density at radius 1 is 1.21 bits per heavy atom. The van der Waals surface area contributed by atoms with Crippen LogP contribution in [0.15, 0.2) is 36.5 Å². The largest absolute Gasteiger partial charge is 0.416 e. The first-order valence-corrected chi connectivity index (χ1v) is 9.38. The first kappa shape index (κ1) is 21.0. The lowest BCUT2D eigenvalue weighted by molar-refractivity contribution is -0.137. The number of alkyl halides is 3. The smallest absolute Gasteiger partial charge is 0.356 e. The van der Waals surface area contributed by atoms with Gasteiger partial charge in [0.05, 0.1) is 11.6 Å². The number of benzene rings is 1. The third-order valence-electron chi connectivity index (χ3n) is 4.73. The molecule has 1 aromatic heterocycles. The fraction of sp³-hybridized carbons (Fsp3) is 0.429. The lowest BCUT2D eigenvalue weighted by Gasteiger charge is -2.26. The molecular weight excluding hydrogens is 383 g/mol. The van der Waals surface area contributed by atoms with E-state index in [0.717, 1.165) is 12.1 Å². The molecule has 0 fully saturated rings. The summed E-state index contributed by atoms with van der Waals surface area (Å²) in [7, 11) is 0. The average Bonchev–Trinajstić information content (AvgIpc) is 3.08. The number of hydrogen-bond acceptors (Lipinski definition) is 2. The van der Waals surface area contributed by atoms with E-state index in [2.05, 4.69) is 10.6 Å². The van der Waals surface area contributed by atoms with Gasteiger partial charge in [0, 0.05) is 31.3 Å². The van der Waals surface area contributed by atoms with Crippen LogP contribution >= 0.6 is 0 Å². The van der Waals surface area contributed by atoms with Crippen molar-refractivity contribution in [1.29, 1.82) is 0 Å². The maximum atomic E-state index is 13.0. The zero-order valence-electron chi connectivity index (χ0n) is 16.6. The summed E-state index contributed by atoms with van der Waals surface area (Å²) in [6, 6.07) is 6.23. The molecule has 29 heavy (non-hydrogen) atoms. The van der Waals surface area contributed by atoms with E-state index in [4.69, 9.17) is 0 Å². The second-order valence-electron chi connectivity index (χ2n) is 8.51. The average molecular weight is 407 g/mol. The molecule has 156 valence electrons. The van der Waals surface area contributed by atoms with Gasteiger partial charge in [-0.25, -0.2) is 0 Å². The predicted octanol–water partition coefficient (Wildman–Crippen LogP) is 4.01. The minimum absolute atomic E-state index is 0.0499. The van der Waals surface area contributed by atoms with Crippen molar-refractivity contribution >= 4 is 11.8 Å². The Labute approximate surface area is 167 Å². The van der Waals surface area contributed by atoms with E-state index in [-0.39, 0.29) is 36.2 Å². The van der Waals surface area contributed by atoms with Gasteiger partial charge in [-0.2, -0.15) is 13.2 Å². The molecule has 3 rings (SSSR count). The highest BCUT2D eigenvalue weighted by atomic mass is 19.4. The predicted molar refractivity (Wildman–Crippen MR) is 103 cm³/mol. The van der Waals surface area contributed by atoms with E-state index < -0.39 is 11.7 Å². The third kappa shape index (κ3) is 4.99. The molecule has 0 aliphatic carbocycles. The molecule has 2 heterocycles. The molecule has 1 atom stereocenters. The lowest BCUT2D eigenvalue weighted by atomic mass is 9.97. The van der Waals surface area contributed by atoms with Gasteiger partial charge in [-0.1, -0.05) is 32.9 Å². The zero-order chi connectivity index (χ0) is 21.4. The number of rotatable bonds is 4. The molecule has 0 bridgehead atoms. The van der Waals surface area contributed by atoms with Crippen molar-refractivity contribution in [1.82, 2.24) is 15.2 Å². The van der Waals surface area contributed by atoms with Gasteiger partial charge in [-0.05, 0) is 29.2 Å². The summed E-state index contributed by atoms with van der Waals surface area (Å²) in [5, 5.41) is 5.63. The number of aromatic nitrogens is 1. The summed E-state index contributed by atoms with van der Waals surface area (Å²) >= 11 is 0. The molecule has 0 radical (unpaired) electrons. The van der Waals surface area contributed by atoms with Gasteiger partial charge in [0.1, 0.15) is 5.69 Å². The number of halogens is 3. The van der Waals surface area contributed by atoms with E-state index in [1.165, 1.54) is 6.07 Å². The normalized spacial score (nSPS) is 16.9. The van der Waals surface area contributed by atoms with Crippen LogP contribution in [0.3, 0.4) is 0 Å². The molecule has 0 spiro atoms. The number of amides is 2. The Kier molecular flexibility index (Phi) is 5.47. The van der Waals surface area contributed by atoms with Gasteiger partial charge in [0.25, 0.3) is 5.91 Å². The van der Waals surface area contributed by atoms with Crippen LogP contribution in [0.25, 0.3) is 11.1 Å². The minimum atomic E-state index is -4.44. The van der Waals surface area contributed by atoms with Crippen molar-refractivity contribution in [2.45, 2.75) is 39.4 Å². The van der Waals surface area contributed by atoms with Gasteiger partial charge < -0.3 is 15.2 Å². The quantitative estimate of drug-likeness (QED) is 0.805. The first-order valence-electron chi connectivity index (χ1n) is 9.38. The summed E-state index contributed by atoms with van der Waals surface area (Å²) in [4.78, 5) is 24.6. The second-order valence-corrected chi connectivity index (χ2v) is 8.51. The van der Waals surface area contributed by atoms with Crippen LogP contribution in [0.4, 0.5) is 13.2 Å². The SMILES string of the molecule is CC(C)(C)CNC(=O)CC1CNC(=O)c2cc(-c3cccc(C(F)(F)F)c3)cn21. The Hall–Kier alpha value is -2.77. The highest BCUT2D eigenvalue weighted by Gasteiger charge is 2.31. The van der Waals surface area contributed by atoms with Crippen LogP contribution in [0.1, 0.15) is 49.3 Å². The fourth-order valence-electron chi connectivity index (χ4n) is 3.22. The number of carbonyl (C=O) groups excluding carboxylic acids is 2.